The van der Waals surface area contributed by atoms with E-state index in [1.165, 1.54) is 77.6 Å². The van der Waals surface area contributed by atoms with Gasteiger partial charge in [0, 0.05) is 16.5 Å². The number of hydrogen-bond donors (Lipinski definition) is 0. The SMILES string of the molecule is Cc1cc(-c2ccccc2)cc(-n2c3ccccc3c3cc4c(cc32)C(C)(C)C(C)(C)C4(C)C)c1.Cc1ccccc1-c1ccccc1C. The molecule has 8 rings (SSSR count). The van der Waals surface area contributed by atoms with E-state index in [0.29, 0.717) is 0 Å². The molecule has 0 N–H and O–H groups in total. The molecule has 49 heavy (non-hydrogen) atoms. The zero-order chi connectivity index (χ0) is 34.7. The highest BCUT2D eigenvalue weighted by atomic mass is 15.0. The topological polar surface area (TPSA) is 4.93 Å². The van der Waals surface area contributed by atoms with E-state index in [-0.39, 0.29) is 16.2 Å². The zero-order valence-electron chi connectivity index (χ0n) is 30.6. The summed E-state index contributed by atoms with van der Waals surface area (Å²) < 4.78 is 2.48. The van der Waals surface area contributed by atoms with E-state index in [0.717, 1.165) is 0 Å². The monoisotopic (exact) mass is 639 g/mol. The molecule has 1 aliphatic rings. The molecule has 1 aromatic heterocycles. The molecular formula is C48H49N. The van der Waals surface area contributed by atoms with E-state index >= 15 is 0 Å². The number of para-hydroxylation sites is 1. The van der Waals surface area contributed by atoms with E-state index in [9.17, 15) is 0 Å². The lowest BCUT2D eigenvalue weighted by Gasteiger charge is -2.44. The smallest absolute Gasteiger partial charge is 0.0544 e. The third-order valence-corrected chi connectivity index (χ3v) is 12.3. The highest BCUT2D eigenvalue weighted by molar-refractivity contribution is 6.10. The minimum Gasteiger partial charge on any atom is -0.309 e. The van der Waals surface area contributed by atoms with Crippen LogP contribution in [-0.4, -0.2) is 4.57 Å². The fourth-order valence-electron chi connectivity index (χ4n) is 8.22. The second-order valence-electron chi connectivity index (χ2n) is 15.7. The van der Waals surface area contributed by atoms with Crippen LogP contribution in [-0.2, 0) is 10.8 Å². The summed E-state index contributed by atoms with van der Waals surface area (Å²) in [6, 6.07) is 48.6. The molecular weight excluding hydrogens is 591 g/mol. The molecule has 246 valence electrons. The molecule has 0 bridgehead atoms. The van der Waals surface area contributed by atoms with Crippen molar-refractivity contribution in [2.45, 2.75) is 73.1 Å². The minimum atomic E-state index is 0.0725. The van der Waals surface area contributed by atoms with Crippen molar-refractivity contribution < 1.29 is 0 Å². The number of benzene rings is 6. The van der Waals surface area contributed by atoms with Crippen LogP contribution in [0, 0.1) is 26.2 Å². The molecule has 0 amide bonds. The van der Waals surface area contributed by atoms with E-state index < -0.39 is 0 Å². The van der Waals surface area contributed by atoms with Crippen molar-refractivity contribution in [3.8, 4) is 27.9 Å². The zero-order valence-corrected chi connectivity index (χ0v) is 30.6. The Hall–Kier alpha value is -4.88. The highest BCUT2D eigenvalue weighted by Crippen LogP contribution is 2.62. The third kappa shape index (κ3) is 5.23. The Balaban J connectivity index is 0.000000226. The predicted molar refractivity (Wildman–Crippen MR) is 212 cm³/mol. The molecule has 0 saturated heterocycles. The summed E-state index contributed by atoms with van der Waals surface area (Å²) in [5.41, 5.74) is 16.2. The average Bonchev–Trinajstić information content (AvgIpc) is 3.46. The molecule has 6 aromatic carbocycles. The van der Waals surface area contributed by atoms with Crippen molar-refractivity contribution in [1.29, 1.82) is 0 Å². The van der Waals surface area contributed by atoms with Gasteiger partial charge in [-0.2, -0.15) is 0 Å². The van der Waals surface area contributed by atoms with Gasteiger partial charge in [0.05, 0.1) is 11.0 Å². The van der Waals surface area contributed by atoms with Crippen LogP contribution in [0.25, 0.3) is 49.7 Å². The van der Waals surface area contributed by atoms with Gasteiger partial charge in [0.25, 0.3) is 0 Å². The van der Waals surface area contributed by atoms with Crippen LogP contribution in [0.3, 0.4) is 0 Å². The van der Waals surface area contributed by atoms with Crippen LogP contribution < -0.4 is 0 Å². The number of nitrogens with zero attached hydrogens (tertiary/aromatic N) is 1. The minimum absolute atomic E-state index is 0.0725. The van der Waals surface area contributed by atoms with E-state index in [1.54, 1.807) is 0 Å². The normalized spacial score (nSPS) is 15.5. The van der Waals surface area contributed by atoms with Crippen molar-refractivity contribution in [3.63, 3.8) is 0 Å². The molecule has 0 aliphatic heterocycles. The maximum absolute atomic E-state index is 2.51. The summed E-state index contributed by atoms with van der Waals surface area (Å²) in [6.45, 7) is 21.1. The molecule has 7 aromatic rings. The first kappa shape index (κ1) is 32.7. The molecule has 0 fully saturated rings. The Labute approximate surface area is 293 Å². The standard InChI is InChI=1S/C34H35N.C14H14/c1-22-17-24(23-13-9-8-10-14-23)19-25(18-22)35-30-16-12-11-15-26(30)27-20-28-29(21-31(27)35)33(4,5)34(6,7)32(28,2)3;1-11-7-3-5-9-13(11)14-10-6-4-8-12(14)2/h8-21H,1-7H3;3-10H,1-2H3. The first-order valence-corrected chi connectivity index (χ1v) is 17.7. The highest BCUT2D eigenvalue weighted by Gasteiger charge is 2.56. The second-order valence-corrected chi connectivity index (χ2v) is 15.7. The molecule has 0 spiro atoms. The second kappa shape index (κ2) is 11.9. The van der Waals surface area contributed by atoms with Crippen LogP contribution in [0.5, 0.6) is 0 Å². The molecule has 0 radical (unpaired) electrons. The fraction of sp³-hybridized carbons (Fsp3) is 0.250. The summed E-state index contributed by atoms with van der Waals surface area (Å²) in [7, 11) is 0. The van der Waals surface area contributed by atoms with E-state index in [4.69, 9.17) is 0 Å². The van der Waals surface area contributed by atoms with Gasteiger partial charge in [-0.3, -0.25) is 0 Å². The number of aryl methyl sites for hydroxylation is 3. The van der Waals surface area contributed by atoms with Gasteiger partial charge in [0.2, 0.25) is 0 Å². The Morgan fingerprint density at radius 3 is 1.57 bits per heavy atom. The maximum Gasteiger partial charge on any atom is 0.0544 e. The van der Waals surface area contributed by atoms with Crippen molar-refractivity contribution >= 4 is 21.8 Å². The Kier molecular flexibility index (Phi) is 7.94. The van der Waals surface area contributed by atoms with Crippen LogP contribution in [0.1, 0.15) is 69.4 Å². The van der Waals surface area contributed by atoms with Gasteiger partial charge in [-0.1, -0.05) is 145 Å². The largest absolute Gasteiger partial charge is 0.309 e. The molecule has 1 nitrogen and oxygen atoms in total. The average molecular weight is 640 g/mol. The first-order valence-electron chi connectivity index (χ1n) is 17.7. The van der Waals surface area contributed by atoms with Gasteiger partial charge in [0.1, 0.15) is 0 Å². The lowest BCUT2D eigenvalue weighted by Crippen LogP contribution is -2.42. The molecule has 0 saturated carbocycles. The quantitative estimate of drug-likeness (QED) is 0.181. The van der Waals surface area contributed by atoms with Crippen molar-refractivity contribution in [2.75, 3.05) is 0 Å². The van der Waals surface area contributed by atoms with Crippen LogP contribution in [0.2, 0.25) is 0 Å². The number of hydrogen-bond acceptors (Lipinski definition) is 0. The van der Waals surface area contributed by atoms with Crippen LogP contribution in [0.4, 0.5) is 0 Å². The van der Waals surface area contributed by atoms with E-state index in [1.807, 2.05) is 0 Å². The van der Waals surface area contributed by atoms with E-state index in [2.05, 4.69) is 200 Å². The molecule has 1 aliphatic carbocycles. The number of fused-ring (bicyclic) bond motifs is 4. The van der Waals surface area contributed by atoms with Crippen molar-refractivity contribution in [1.82, 2.24) is 4.57 Å². The maximum atomic E-state index is 2.51. The van der Waals surface area contributed by atoms with Crippen LogP contribution >= 0.6 is 0 Å². The number of aromatic nitrogens is 1. The lowest BCUT2D eigenvalue weighted by molar-refractivity contribution is 0.125. The summed E-state index contributed by atoms with van der Waals surface area (Å²) in [5, 5.41) is 2.68. The van der Waals surface area contributed by atoms with Crippen molar-refractivity contribution in [3.05, 3.63) is 161 Å². The van der Waals surface area contributed by atoms with Crippen LogP contribution in [0.15, 0.2) is 133 Å². The van der Waals surface area contributed by atoms with Gasteiger partial charge in [-0.05, 0) is 117 Å². The summed E-state index contributed by atoms with van der Waals surface area (Å²) >= 11 is 0. The Bertz CT molecular complexity index is 2280. The first-order chi connectivity index (χ1) is 23.3. The predicted octanol–water partition coefficient (Wildman–Crippen LogP) is 13.3. The van der Waals surface area contributed by atoms with Gasteiger partial charge >= 0.3 is 0 Å². The molecule has 0 unspecified atom stereocenters. The number of rotatable bonds is 3. The van der Waals surface area contributed by atoms with Crippen molar-refractivity contribution in [2.24, 2.45) is 5.41 Å². The molecule has 1 heterocycles. The van der Waals surface area contributed by atoms with Gasteiger partial charge in [0.15, 0.2) is 0 Å². The summed E-state index contributed by atoms with van der Waals surface area (Å²) in [5.74, 6) is 0. The third-order valence-electron chi connectivity index (χ3n) is 12.3. The van der Waals surface area contributed by atoms with Gasteiger partial charge in [-0.25, -0.2) is 0 Å². The molecule has 1 heteroatoms. The Morgan fingerprint density at radius 2 is 0.959 bits per heavy atom. The van der Waals surface area contributed by atoms with Gasteiger partial charge < -0.3 is 4.57 Å². The fourth-order valence-corrected chi connectivity index (χ4v) is 8.22. The molecule has 0 atom stereocenters. The Morgan fingerprint density at radius 1 is 0.429 bits per heavy atom. The summed E-state index contributed by atoms with van der Waals surface area (Å²) in [6.07, 6.45) is 0. The van der Waals surface area contributed by atoms with Gasteiger partial charge in [-0.15, -0.1) is 0 Å². The summed E-state index contributed by atoms with van der Waals surface area (Å²) in [4.78, 5) is 0. The lowest BCUT2D eigenvalue weighted by atomic mass is 9.59.